The summed E-state index contributed by atoms with van der Waals surface area (Å²) >= 11 is 9.55. The van der Waals surface area contributed by atoms with E-state index in [1.165, 1.54) is 5.56 Å². The van der Waals surface area contributed by atoms with Crippen LogP contribution < -0.4 is 0 Å². The van der Waals surface area contributed by atoms with Gasteiger partial charge in [0.25, 0.3) is 0 Å². The first-order valence-corrected chi connectivity index (χ1v) is 8.83. The Morgan fingerprint density at radius 1 is 0.792 bits per heavy atom. The van der Waals surface area contributed by atoms with Crippen molar-refractivity contribution in [3.05, 3.63) is 81.8 Å². The molecule has 0 aliphatic rings. The minimum absolute atomic E-state index is 0.741. The number of rotatable bonds is 2. The Bertz CT molecular complexity index is 1030. The van der Waals surface area contributed by atoms with Gasteiger partial charge in [-0.15, -0.1) is 0 Å². The highest BCUT2D eigenvalue weighted by atomic mass is 79.9. The Morgan fingerprint density at radius 3 is 2.25 bits per heavy atom. The molecule has 0 saturated carbocycles. The highest BCUT2D eigenvalue weighted by molar-refractivity contribution is 9.10. The molecule has 0 radical (unpaired) electrons. The predicted octanol–water partition coefficient (Wildman–Crippen LogP) is 7.49. The molecule has 24 heavy (non-hydrogen) atoms. The van der Waals surface area contributed by atoms with Gasteiger partial charge in [0.05, 0.1) is 0 Å². The third-order valence-electron chi connectivity index (χ3n) is 4.15. The van der Waals surface area contributed by atoms with E-state index in [4.69, 9.17) is 16.0 Å². The van der Waals surface area contributed by atoms with E-state index in [-0.39, 0.29) is 0 Å². The van der Waals surface area contributed by atoms with Gasteiger partial charge in [-0.25, -0.2) is 0 Å². The second kappa shape index (κ2) is 6.12. The highest BCUT2D eigenvalue weighted by Gasteiger charge is 2.09. The molecular formula is C21H14BrClO. The summed E-state index contributed by atoms with van der Waals surface area (Å²) in [5.74, 6) is 0.874. The fourth-order valence-corrected chi connectivity index (χ4v) is 3.25. The fourth-order valence-electron chi connectivity index (χ4n) is 2.74. The quantitative estimate of drug-likeness (QED) is 0.341. The van der Waals surface area contributed by atoms with Crippen molar-refractivity contribution in [1.82, 2.24) is 0 Å². The smallest absolute Gasteiger partial charge is 0.135 e. The van der Waals surface area contributed by atoms with Crippen LogP contribution in [0.3, 0.4) is 0 Å². The van der Waals surface area contributed by atoms with Crippen molar-refractivity contribution in [2.24, 2.45) is 0 Å². The molecule has 0 bridgehead atoms. The molecule has 0 unspecified atom stereocenters. The zero-order chi connectivity index (χ0) is 16.7. The largest absolute Gasteiger partial charge is 0.456 e. The minimum Gasteiger partial charge on any atom is -0.456 e. The van der Waals surface area contributed by atoms with Crippen molar-refractivity contribution in [3.8, 4) is 22.5 Å². The van der Waals surface area contributed by atoms with Gasteiger partial charge in [0.1, 0.15) is 11.3 Å². The van der Waals surface area contributed by atoms with Crippen LogP contribution in [0.25, 0.3) is 33.4 Å². The second-order valence-electron chi connectivity index (χ2n) is 5.83. The maximum atomic E-state index is 6.09. The number of furan rings is 1. The number of aryl methyl sites for hydroxylation is 1. The lowest BCUT2D eigenvalue weighted by Crippen LogP contribution is -1.78. The molecule has 0 saturated heterocycles. The molecule has 3 aromatic carbocycles. The zero-order valence-corrected chi connectivity index (χ0v) is 15.4. The van der Waals surface area contributed by atoms with Gasteiger partial charge in [-0.3, -0.25) is 0 Å². The second-order valence-corrected chi connectivity index (χ2v) is 7.12. The molecule has 0 spiro atoms. The first-order chi connectivity index (χ1) is 11.6. The van der Waals surface area contributed by atoms with Crippen molar-refractivity contribution in [2.75, 3.05) is 0 Å². The normalized spacial score (nSPS) is 11.1. The number of hydrogen-bond donors (Lipinski definition) is 0. The van der Waals surface area contributed by atoms with Gasteiger partial charge in [-0.05, 0) is 53.9 Å². The summed E-state index contributed by atoms with van der Waals surface area (Å²) in [5, 5.41) is 1.84. The summed E-state index contributed by atoms with van der Waals surface area (Å²) in [5.41, 5.74) is 5.40. The summed E-state index contributed by atoms with van der Waals surface area (Å²) in [7, 11) is 0. The molecule has 0 aliphatic heterocycles. The molecule has 4 aromatic rings. The monoisotopic (exact) mass is 396 g/mol. The Hall–Kier alpha value is -2.03. The maximum Gasteiger partial charge on any atom is 0.135 e. The van der Waals surface area contributed by atoms with Crippen LogP contribution in [0.1, 0.15) is 5.56 Å². The van der Waals surface area contributed by atoms with Gasteiger partial charge in [0.15, 0.2) is 0 Å². The van der Waals surface area contributed by atoms with Gasteiger partial charge in [-0.2, -0.15) is 0 Å². The van der Waals surface area contributed by atoms with Gasteiger partial charge >= 0.3 is 0 Å². The van der Waals surface area contributed by atoms with Gasteiger partial charge in [0, 0.05) is 20.4 Å². The van der Waals surface area contributed by atoms with E-state index < -0.39 is 0 Å². The number of halogens is 2. The highest BCUT2D eigenvalue weighted by Crippen LogP contribution is 2.33. The van der Waals surface area contributed by atoms with E-state index in [2.05, 4.69) is 65.3 Å². The van der Waals surface area contributed by atoms with Crippen molar-refractivity contribution in [1.29, 1.82) is 0 Å². The summed E-state index contributed by atoms with van der Waals surface area (Å²) in [4.78, 5) is 0. The number of fused-ring (bicyclic) bond motifs is 1. The standard InChI is InChI=1S/C21H14BrClO/c1-13-2-3-16(10-19(13)22)21-12-17-5-4-15(11-20(17)24-21)14-6-8-18(23)9-7-14/h2-12H,1H3. The molecule has 1 nitrogen and oxygen atoms in total. The van der Waals surface area contributed by atoms with Crippen molar-refractivity contribution >= 4 is 38.5 Å². The van der Waals surface area contributed by atoms with Gasteiger partial charge in [-0.1, -0.05) is 63.9 Å². The molecule has 0 atom stereocenters. The van der Waals surface area contributed by atoms with Crippen LogP contribution in [0.5, 0.6) is 0 Å². The van der Waals surface area contributed by atoms with E-state index in [9.17, 15) is 0 Å². The molecule has 3 heteroatoms. The maximum absolute atomic E-state index is 6.09. The predicted molar refractivity (Wildman–Crippen MR) is 105 cm³/mol. The van der Waals surface area contributed by atoms with Crippen LogP contribution in [0, 0.1) is 6.92 Å². The molecule has 0 N–H and O–H groups in total. The summed E-state index contributed by atoms with van der Waals surface area (Å²) in [6, 6.07) is 22.5. The Morgan fingerprint density at radius 2 is 1.50 bits per heavy atom. The lowest BCUT2D eigenvalue weighted by Gasteiger charge is -2.02. The van der Waals surface area contributed by atoms with Crippen LogP contribution in [0.15, 0.2) is 75.6 Å². The van der Waals surface area contributed by atoms with E-state index in [1.807, 2.05) is 24.3 Å². The van der Waals surface area contributed by atoms with E-state index in [1.54, 1.807) is 0 Å². The fraction of sp³-hybridized carbons (Fsp3) is 0.0476. The third kappa shape index (κ3) is 2.88. The molecule has 118 valence electrons. The van der Waals surface area contributed by atoms with Crippen LogP contribution in [0.4, 0.5) is 0 Å². The minimum atomic E-state index is 0.741. The average molecular weight is 398 g/mol. The zero-order valence-electron chi connectivity index (χ0n) is 13.0. The number of benzene rings is 3. The Balaban J connectivity index is 1.78. The average Bonchev–Trinajstić information content (AvgIpc) is 3.01. The summed E-state index contributed by atoms with van der Waals surface area (Å²) in [6.45, 7) is 2.07. The van der Waals surface area contributed by atoms with Gasteiger partial charge < -0.3 is 4.42 Å². The lowest BCUT2D eigenvalue weighted by atomic mass is 10.0. The van der Waals surface area contributed by atoms with Crippen molar-refractivity contribution < 1.29 is 4.42 Å². The van der Waals surface area contributed by atoms with Crippen molar-refractivity contribution in [2.45, 2.75) is 6.92 Å². The SMILES string of the molecule is Cc1ccc(-c2cc3ccc(-c4ccc(Cl)cc4)cc3o2)cc1Br. The van der Waals surface area contributed by atoms with E-state index >= 15 is 0 Å². The van der Waals surface area contributed by atoms with Crippen LogP contribution >= 0.6 is 27.5 Å². The van der Waals surface area contributed by atoms with Crippen LogP contribution in [-0.2, 0) is 0 Å². The van der Waals surface area contributed by atoms with Crippen molar-refractivity contribution in [3.63, 3.8) is 0 Å². The lowest BCUT2D eigenvalue weighted by molar-refractivity contribution is 0.631. The number of hydrogen-bond acceptors (Lipinski definition) is 1. The first kappa shape index (κ1) is 15.5. The molecule has 1 heterocycles. The molecule has 0 amide bonds. The van der Waals surface area contributed by atoms with Gasteiger partial charge in [0.2, 0.25) is 0 Å². The van der Waals surface area contributed by atoms with Crippen LogP contribution in [-0.4, -0.2) is 0 Å². The molecule has 1 aromatic heterocycles. The molecule has 4 rings (SSSR count). The van der Waals surface area contributed by atoms with Crippen LogP contribution in [0.2, 0.25) is 5.02 Å². The van der Waals surface area contributed by atoms with E-state index in [0.29, 0.717) is 0 Å². The summed E-state index contributed by atoms with van der Waals surface area (Å²) < 4.78 is 7.17. The topological polar surface area (TPSA) is 13.1 Å². The summed E-state index contributed by atoms with van der Waals surface area (Å²) in [6.07, 6.45) is 0. The molecule has 0 fully saturated rings. The Labute approximate surface area is 154 Å². The molecular weight excluding hydrogens is 384 g/mol. The first-order valence-electron chi connectivity index (χ1n) is 7.66. The third-order valence-corrected chi connectivity index (χ3v) is 5.26. The molecule has 0 aliphatic carbocycles. The van der Waals surface area contributed by atoms with E-state index in [0.717, 1.165) is 42.9 Å². The Kier molecular flexibility index (Phi) is 3.95.